The van der Waals surface area contributed by atoms with Crippen molar-refractivity contribution in [1.82, 2.24) is 14.9 Å². The van der Waals surface area contributed by atoms with Gasteiger partial charge in [0.2, 0.25) is 0 Å². The average Bonchev–Trinajstić information content (AvgIpc) is 3.23. The first kappa shape index (κ1) is 22.7. The molecule has 1 saturated heterocycles. The van der Waals surface area contributed by atoms with Gasteiger partial charge in [-0.3, -0.25) is 5.32 Å². The molecule has 1 aliphatic rings. The van der Waals surface area contributed by atoms with Gasteiger partial charge in [0.1, 0.15) is 5.82 Å². The van der Waals surface area contributed by atoms with Crippen molar-refractivity contribution in [3.63, 3.8) is 0 Å². The van der Waals surface area contributed by atoms with Crippen molar-refractivity contribution in [3.05, 3.63) is 54.2 Å². The molecule has 7 heteroatoms. The molecule has 1 fully saturated rings. The maximum atomic E-state index is 13.1. The lowest BCUT2D eigenvalue weighted by molar-refractivity contribution is 0.172. The summed E-state index contributed by atoms with van der Waals surface area (Å²) < 4.78 is 1.72. The van der Waals surface area contributed by atoms with E-state index in [1.165, 1.54) is 17.5 Å². The molecule has 0 spiro atoms. The van der Waals surface area contributed by atoms with Gasteiger partial charge in [0, 0.05) is 18.0 Å². The number of anilines is 2. The van der Waals surface area contributed by atoms with Crippen molar-refractivity contribution >= 4 is 40.5 Å². The van der Waals surface area contributed by atoms with Gasteiger partial charge in [0.05, 0.1) is 16.7 Å². The minimum Gasteiger partial charge on any atom is -0.360 e. The highest BCUT2D eigenvalue weighted by Gasteiger charge is 2.25. The van der Waals surface area contributed by atoms with E-state index in [9.17, 15) is 4.79 Å². The Labute approximate surface area is 194 Å². The van der Waals surface area contributed by atoms with E-state index >= 15 is 0 Å². The fraction of sp³-hybridized carbons (Fsp3) is 0.440. The Morgan fingerprint density at radius 3 is 2.66 bits per heavy atom. The minimum atomic E-state index is -0.177. The summed E-state index contributed by atoms with van der Waals surface area (Å²) in [4.78, 5) is 23.9. The summed E-state index contributed by atoms with van der Waals surface area (Å²) in [6.45, 7) is 8.88. The van der Waals surface area contributed by atoms with Crippen LogP contribution in [-0.2, 0) is 0 Å². The number of nitrogens with one attached hydrogen (secondary N) is 2. The van der Waals surface area contributed by atoms with Gasteiger partial charge >= 0.3 is 6.03 Å². The number of pyridine rings is 1. The van der Waals surface area contributed by atoms with Crippen LogP contribution < -0.4 is 9.62 Å². The lowest BCUT2D eigenvalue weighted by atomic mass is 9.90. The smallest absolute Gasteiger partial charge is 0.337 e. The van der Waals surface area contributed by atoms with Gasteiger partial charge in [-0.15, -0.1) is 0 Å². The highest BCUT2D eigenvalue weighted by atomic mass is 32.2. The number of nitrogens with zero attached hydrogens (tertiary/aromatic N) is 3. The molecule has 0 bridgehead atoms. The van der Waals surface area contributed by atoms with E-state index < -0.39 is 0 Å². The summed E-state index contributed by atoms with van der Waals surface area (Å²) in [6.07, 6.45) is 5.37. The normalized spacial score (nSPS) is 15.4. The van der Waals surface area contributed by atoms with Gasteiger partial charge in [-0.2, -0.15) is 0 Å². The molecule has 170 valence electrons. The highest BCUT2D eigenvalue weighted by molar-refractivity contribution is 8.01. The zero-order chi connectivity index (χ0) is 22.5. The number of urea groups is 1. The molecule has 2 N–H and O–H groups in total. The number of rotatable bonds is 7. The zero-order valence-electron chi connectivity index (χ0n) is 19.2. The number of fused-ring (bicyclic) bond motifs is 1. The molecule has 2 amide bonds. The molecule has 32 heavy (non-hydrogen) atoms. The van der Waals surface area contributed by atoms with Gasteiger partial charge in [-0.25, -0.2) is 14.1 Å². The summed E-state index contributed by atoms with van der Waals surface area (Å²) in [7, 11) is 0. The van der Waals surface area contributed by atoms with Crippen LogP contribution in [0.15, 0.2) is 48.7 Å². The molecular weight excluding hydrogens is 418 g/mol. The van der Waals surface area contributed by atoms with Gasteiger partial charge in [0.15, 0.2) is 0 Å². The fourth-order valence-electron chi connectivity index (χ4n) is 4.28. The first-order valence-electron chi connectivity index (χ1n) is 11.6. The van der Waals surface area contributed by atoms with Crippen LogP contribution in [0.4, 0.5) is 16.3 Å². The highest BCUT2D eigenvalue weighted by Crippen LogP contribution is 2.33. The molecule has 3 aromatic rings. The molecule has 0 saturated carbocycles. The number of aromatic amines is 1. The third kappa shape index (κ3) is 5.10. The third-order valence-corrected chi connectivity index (χ3v) is 7.31. The maximum Gasteiger partial charge on any atom is 0.337 e. The maximum absolute atomic E-state index is 13.1. The van der Waals surface area contributed by atoms with Crippen molar-refractivity contribution in [3.8, 4) is 0 Å². The number of aromatic nitrogens is 2. The van der Waals surface area contributed by atoms with E-state index in [4.69, 9.17) is 4.98 Å². The summed E-state index contributed by atoms with van der Waals surface area (Å²) in [5.41, 5.74) is 4.12. The topological polar surface area (TPSA) is 64.3 Å². The van der Waals surface area contributed by atoms with E-state index in [2.05, 4.69) is 42.2 Å². The Morgan fingerprint density at radius 1 is 1.22 bits per heavy atom. The number of benzene rings is 1. The van der Waals surface area contributed by atoms with E-state index in [0.717, 1.165) is 54.8 Å². The second-order valence-electron chi connectivity index (χ2n) is 8.63. The van der Waals surface area contributed by atoms with Crippen LogP contribution in [0.3, 0.4) is 0 Å². The summed E-state index contributed by atoms with van der Waals surface area (Å²) in [5, 5.41) is 3.02. The second-order valence-corrected chi connectivity index (χ2v) is 9.67. The Balaban J connectivity index is 1.52. The summed E-state index contributed by atoms with van der Waals surface area (Å²) in [5.74, 6) is 1.95. The number of hydrogen-bond donors (Lipinski definition) is 2. The molecule has 0 aliphatic carbocycles. The Kier molecular flexibility index (Phi) is 7.37. The van der Waals surface area contributed by atoms with E-state index in [1.807, 2.05) is 42.5 Å². The Morgan fingerprint density at radius 2 is 1.97 bits per heavy atom. The van der Waals surface area contributed by atoms with Crippen molar-refractivity contribution in [1.29, 1.82) is 0 Å². The molecule has 3 heterocycles. The van der Waals surface area contributed by atoms with Crippen LogP contribution in [0.1, 0.15) is 51.5 Å². The number of amides is 2. The van der Waals surface area contributed by atoms with Crippen molar-refractivity contribution in [2.45, 2.75) is 52.0 Å². The van der Waals surface area contributed by atoms with Crippen molar-refractivity contribution in [2.24, 2.45) is 0 Å². The van der Waals surface area contributed by atoms with Crippen LogP contribution in [0.5, 0.6) is 0 Å². The van der Waals surface area contributed by atoms with E-state index in [0.29, 0.717) is 17.8 Å². The number of piperidine rings is 1. The lowest BCUT2D eigenvalue weighted by Crippen LogP contribution is -2.37. The SMILES string of the molecule is CCCSN(C(=O)Nc1ccc2[nH]cc(C3CCN(C(C)C)CC3)c2n1)c1ccccc1. The third-order valence-electron chi connectivity index (χ3n) is 6.09. The molecule has 0 unspecified atom stereocenters. The van der Waals surface area contributed by atoms with Gasteiger partial charge < -0.3 is 9.88 Å². The second kappa shape index (κ2) is 10.4. The van der Waals surface area contributed by atoms with Gasteiger partial charge in [0.25, 0.3) is 0 Å². The van der Waals surface area contributed by atoms with Crippen LogP contribution in [0.2, 0.25) is 0 Å². The quantitative estimate of drug-likeness (QED) is 0.417. The van der Waals surface area contributed by atoms with Crippen LogP contribution in [0.25, 0.3) is 11.0 Å². The number of carbonyl (C=O) groups is 1. The average molecular weight is 452 g/mol. The van der Waals surface area contributed by atoms with Gasteiger partial charge in [-0.05, 0) is 93.9 Å². The van der Waals surface area contributed by atoms with Crippen LogP contribution in [0, 0.1) is 0 Å². The molecule has 2 aromatic heterocycles. The minimum absolute atomic E-state index is 0.177. The predicted octanol–water partition coefficient (Wildman–Crippen LogP) is 6.25. The Hall–Kier alpha value is -2.51. The van der Waals surface area contributed by atoms with Crippen molar-refractivity contribution in [2.75, 3.05) is 28.5 Å². The molecule has 1 aliphatic heterocycles. The molecule has 6 nitrogen and oxygen atoms in total. The summed E-state index contributed by atoms with van der Waals surface area (Å²) in [6, 6.07) is 14.1. The number of likely N-dealkylation sites (tertiary alicyclic amines) is 1. The van der Waals surface area contributed by atoms with Gasteiger partial charge in [-0.1, -0.05) is 25.1 Å². The largest absolute Gasteiger partial charge is 0.360 e. The van der Waals surface area contributed by atoms with Crippen LogP contribution >= 0.6 is 11.9 Å². The standard InChI is InChI=1S/C25H33N5OS/c1-4-16-32-30(20-8-6-5-7-9-20)25(31)28-23-11-10-22-24(27-23)21(17-26-22)19-12-14-29(15-13-19)18(2)3/h5-11,17-19,26H,4,12-16H2,1-3H3,(H,27,28,31). The first-order chi connectivity index (χ1) is 15.6. The number of carbonyl (C=O) groups excluding carboxylic acids is 1. The number of hydrogen-bond acceptors (Lipinski definition) is 4. The predicted molar refractivity (Wildman–Crippen MR) is 135 cm³/mol. The molecule has 4 rings (SSSR count). The van der Waals surface area contributed by atoms with E-state index in [1.54, 1.807) is 4.31 Å². The summed E-state index contributed by atoms with van der Waals surface area (Å²) >= 11 is 1.52. The first-order valence-corrected chi connectivity index (χ1v) is 12.5. The monoisotopic (exact) mass is 451 g/mol. The number of H-pyrrole nitrogens is 1. The van der Waals surface area contributed by atoms with Crippen molar-refractivity contribution < 1.29 is 4.79 Å². The zero-order valence-corrected chi connectivity index (χ0v) is 20.0. The van der Waals surface area contributed by atoms with Crippen LogP contribution in [-0.4, -0.2) is 45.8 Å². The molecule has 0 atom stereocenters. The Bertz CT molecular complexity index is 1030. The lowest BCUT2D eigenvalue weighted by Gasteiger charge is -2.34. The van der Waals surface area contributed by atoms with E-state index in [-0.39, 0.29) is 6.03 Å². The number of para-hydroxylation sites is 1. The molecule has 1 aromatic carbocycles. The molecular formula is C25H33N5OS. The fourth-order valence-corrected chi connectivity index (χ4v) is 5.08. The molecule has 0 radical (unpaired) electrons.